The summed E-state index contributed by atoms with van der Waals surface area (Å²) < 4.78 is 48.9. The standard InChI is InChI=1S/C10H16F4N2O/c1-6(16(2)7-3-4-7)5-15-9(17)10(13,14)8(11)12/h6-8H,3-5H2,1-2H3,(H,15,17). The van der Waals surface area contributed by atoms with E-state index in [4.69, 9.17) is 0 Å². The van der Waals surface area contributed by atoms with Crippen LogP contribution < -0.4 is 5.32 Å². The summed E-state index contributed by atoms with van der Waals surface area (Å²) >= 11 is 0. The Morgan fingerprint density at radius 2 is 2.00 bits per heavy atom. The van der Waals surface area contributed by atoms with Crippen molar-refractivity contribution in [2.75, 3.05) is 13.6 Å². The largest absolute Gasteiger partial charge is 0.383 e. The molecule has 7 heteroatoms. The molecule has 1 amide bonds. The van der Waals surface area contributed by atoms with Gasteiger partial charge in [0.1, 0.15) is 0 Å². The van der Waals surface area contributed by atoms with E-state index < -0.39 is 18.3 Å². The fourth-order valence-corrected chi connectivity index (χ4v) is 1.44. The minimum absolute atomic E-state index is 0.0614. The van der Waals surface area contributed by atoms with E-state index in [1.165, 1.54) is 0 Å². The van der Waals surface area contributed by atoms with E-state index >= 15 is 0 Å². The van der Waals surface area contributed by atoms with Crippen LogP contribution in [-0.2, 0) is 4.79 Å². The number of halogens is 4. The highest BCUT2D eigenvalue weighted by Gasteiger charge is 2.48. The number of carbonyl (C=O) groups is 1. The molecule has 0 bridgehead atoms. The molecule has 0 saturated heterocycles. The molecule has 1 fully saturated rings. The summed E-state index contributed by atoms with van der Waals surface area (Å²) in [5.74, 6) is -6.53. The van der Waals surface area contributed by atoms with Gasteiger partial charge in [-0.3, -0.25) is 9.69 Å². The number of carbonyl (C=O) groups excluding carboxylic acids is 1. The van der Waals surface area contributed by atoms with E-state index in [1.54, 1.807) is 6.92 Å². The molecule has 3 nitrogen and oxygen atoms in total. The zero-order valence-electron chi connectivity index (χ0n) is 9.72. The van der Waals surface area contributed by atoms with Gasteiger partial charge in [-0.05, 0) is 26.8 Å². The van der Waals surface area contributed by atoms with E-state index in [1.807, 2.05) is 17.3 Å². The van der Waals surface area contributed by atoms with Crippen molar-refractivity contribution in [3.05, 3.63) is 0 Å². The molecule has 0 aliphatic heterocycles. The Hall–Kier alpha value is -0.850. The minimum atomic E-state index is -4.61. The molecule has 100 valence electrons. The Morgan fingerprint density at radius 3 is 2.41 bits per heavy atom. The van der Waals surface area contributed by atoms with E-state index in [0.29, 0.717) is 6.04 Å². The third-order valence-corrected chi connectivity index (χ3v) is 2.95. The van der Waals surface area contributed by atoms with Gasteiger partial charge in [0.25, 0.3) is 5.91 Å². The monoisotopic (exact) mass is 256 g/mol. The number of alkyl halides is 4. The van der Waals surface area contributed by atoms with Crippen LogP contribution in [0.25, 0.3) is 0 Å². The summed E-state index contributed by atoms with van der Waals surface area (Å²) in [7, 11) is 1.82. The van der Waals surface area contributed by atoms with Crippen LogP contribution in [0.2, 0.25) is 0 Å². The van der Waals surface area contributed by atoms with Gasteiger partial charge in [-0.15, -0.1) is 0 Å². The Morgan fingerprint density at radius 1 is 1.47 bits per heavy atom. The maximum Gasteiger partial charge on any atom is 0.383 e. The summed E-state index contributed by atoms with van der Waals surface area (Å²) in [5, 5.41) is 1.86. The van der Waals surface area contributed by atoms with Crippen LogP contribution in [0.15, 0.2) is 0 Å². The van der Waals surface area contributed by atoms with Gasteiger partial charge in [0.2, 0.25) is 0 Å². The number of hydrogen-bond acceptors (Lipinski definition) is 2. The van der Waals surface area contributed by atoms with Gasteiger partial charge in [-0.2, -0.15) is 8.78 Å². The molecule has 0 heterocycles. The Labute approximate surface area is 97.2 Å². The molecule has 1 rings (SSSR count). The van der Waals surface area contributed by atoms with Crippen LogP contribution in [0.4, 0.5) is 17.6 Å². The predicted molar refractivity (Wildman–Crippen MR) is 54.2 cm³/mol. The summed E-state index contributed by atoms with van der Waals surface area (Å²) in [4.78, 5) is 12.8. The Kier molecular flexibility index (Phi) is 4.35. The van der Waals surface area contributed by atoms with Gasteiger partial charge < -0.3 is 5.32 Å². The van der Waals surface area contributed by atoms with Crippen LogP contribution in [0.1, 0.15) is 19.8 Å². The van der Waals surface area contributed by atoms with E-state index in [-0.39, 0.29) is 12.6 Å². The van der Waals surface area contributed by atoms with Crippen molar-refractivity contribution in [2.24, 2.45) is 0 Å². The van der Waals surface area contributed by atoms with Crippen LogP contribution in [-0.4, -0.2) is 48.8 Å². The average molecular weight is 256 g/mol. The van der Waals surface area contributed by atoms with Gasteiger partial charge in [-0.25, -0.2) is 8.78 Å². The molecular weight excluding hydrogens is 240 g/mol. The lowest BCUT2D eigenvalue weighted by Crippen LogP contribution is -2.49. The summed E-state index contributed by atoms with van der Waals surface area (Å²) in [6.45, 7) is 1.69. The second-order valence-corrected chi connectivity index (χ2v) is 4.38. The van der Waals surface area contributed by atoms with Crippen molar-refractivity contribution in [3.8, 4) is 0 Å². The normalized spacial score (nSPS) is 18.6. The lowest BCUT2D eigenvalue weighted by atomic mass is 10.2. The van der Waals surface area contributed by atoms with Crippen molar-refractivity contribution < 1.29 is 22.4 Å². The number of nitrogens with one attached hydrogen (secondary N) is 1. The summed E-state index contributed by atoms with van der Waals surface area (Å²) in [6.07, 6.45) is -1.89. The number of likely N-dealkylation sites (N-methyl/N-ethyl adjacent to an activating group) is 1. The maximum atomic E-state index is 12.6. The maximum absolute atomic E-state index is 12.6. The predicted octanol–water partition coefficient (Wildman–Crippen LogP) is 1.49. The SMILES string of the molecule is CC(CNC(=O)C(F)(F)C(F)F)N(C)C1CC1. The van der Waals surface area contributed by atoms with Gasteiger partial charge in [-0.1, -0.05) is 0 Å². The average Bonchev–Trinajstić information content (AvgIpc) is 3.07. The van der Waals surface area contributed by atoms with Crippen LogP contribution in [0.5, 0.6) is 0 Å². The molecule has 17 heavy (non-hydrogen) atoms. The van der Waals surface area contributed by atoms with Crippen molar-refractivity contribution in [1.82, 2.24) is 10.2 Å². The minimum Gasteiger partial charge on any atom is -0.349 e. The molecule has 1 aliphatic carbocycles. The summed E-state index contributed by atoms with van der Waals surface area (Å²) in [6, 6.07) is 0.262. The first-order chi connectivity index (χ1) is 7.76. The van der Waals surface area contributed by atoms with E-state index in [0.717, 1.165) is 12.8 Å². The summed E-state index contributed by atoms with van der Waals surface area (Å²) in [5.41, 5.74) is 0. The van der Waals surface area contributed by atoms with Crippen molar-refractivity contribution >= 4 is 5.91 Å². The van der Waals surface area contributed by atoms with Crippen LogP contribution in [0.3, 0.4) is 0 Å². The molecule has 0 radical (unpaired) electrons. The molecule has 1 saturated carbocycles. The molecule has 1 atom stereocenters. The van der Waals surface area contributed by atoms with Crippen molar-refractivity contribution in [3.63, 3.8) is 0 Å². The zero-order valence-corrected chi connectivity index (χ0v) is 9.72. The Balaban J connectivity index is 2.36. The molecule has 1 aliphatic rings. The number of amides is 1. The molecular formula is C10H16F4N2O. The third kappa shape index (κ3) is 3.55. The second-order valence-electron chi connectivity index (χ2n) is 4.38. The molecule has 1 unspecified atom stereocenters. The first kappa shape index (κ1) is 14.2. The van der Waals surface area contributed by atoms with Gasteiger partial charge in [0.15, 0.2) is 0 Å². The quantitative estimate of drug-likeness (QED) is 0.730. The second kappa shape index (κ2) is 5.20. The van der Waals surface area contributed by atoms with Gasteiger partial charge in [0.05, 0.1) is 0 Å². The highest BCUT2D eigenvalue weighted by Crippen LogP contribution is 2.27. The topological polar surface area (TPSA) is 32.3 Å². The highest BCUT2D eigenvalue weighted by molar-refractivity contribution is 5.83. The van der Waals surface area contributed by atoms with Gasteiger partial charge in [0, 0.05) is 18.6 Å². The Bertz CT molecular complexity index is 281. The molecule has 0 aromatic carbocycles. The fraction of sp³-hybridized carbons (Fsp3) is 0.900. The first-order valence-corrected chi connectivity index (χ1v) is 5.43. The number of nitrogens with zero attached hydrogens (tertiary/aromatic N) is 1. The first-order valence-electron chi connectivity index (χ1n) is 5.43. The van der Waals surface area contributed by atoms with Crippen molar-refractivity contribution in [1.29, 1.82) is 0 Å². The van der Waals surface area contributed by atoms with Crippen LogP contribution >= 0.6 is 0 Å². The third-order valence-electron chi connectivity index (χ3n) is 2.95. The lowest BCUT2D eigenvalue weighted by molar-refractivity contribution is -0.169. The molecule has 0 aromatic heterocycles. The lowest BCUT2D eigenvalue weighted by Gasteiger charge is -2.25. The van der Waals surface area contributed by atoms with Crippen LogP contribution in [0, 0.1) is 0 Å². The van der Waals surface area contributed by atoms with Gasteiger partial charge >= 0.3 is 12.3 Å². The number of rotatable bonds is 6. The smallest absolute Gasteiger partial charge is 0.349 e. The van der Waals surface area contributed by atoms with E-state index in [2.05, 4.69) is 0 Å². The van der Waals surface area contributed by atoms with Crippen molar-refractivity contribution in [2.45, 2.75) is 44.2 Å². The zero-order chi connectivity index (χ0) is 13.2. The number of hydrogen-bond donors (Lipinski definition) is 1. The van der Waals surface area contributed by atoms with E-state index in [9.17, 15) is 22.4 Å². The molecule has 0 spiro atoms. The fourth-order valence-electron chi connectivity index (χ4n) is 1.44. The molecule has 0 aromatic rings. The molecule has 1 N–H and O–H groups in total. The highest BCUT2D eigenvalue weighted by atomic mass is 19.3.